The zero-order chi connectivity index (χ0) is 23.5. The molecule has 0 radical (unpaired) electrons. The highest BCUT2D eigenvalue weighted by atomic mass is 32.2. The molecule has 180 valence electrons. The first-order valence-electron chi connectivity index (χ1n) is 11.9. The topological polar surface area (TPSA) is 95.7 Å². The Morgan fingerprint density at radius 1 is 0.765 bits per heavy atom. The van der Waals surface area contributed by atoms with Crippen LogP contribution in [0.4, 0.5) is 11.6 Å². The number of piperazine rings is 1. The van der Waals surface area contributed by atoms with Gasteiger partial charge >= 0.3 is 0 Å². The van der Waals surface area contributed by atoms with E-state index >= 15 is 0 Å². The van der Waals surface area contributed by atoms with Gasteiger partial charge in [-0.2, -0.15) is 4.31 Å². The summed E-state index contributed by atoms with van der Waals surface area (Å²) in [5.74, 6) is 2.30. The minimum Gasteiger partial charge on any atom is -0.449 e. The number of anilines is 2. The molecule has 2 aromatic heterocycles. The molecule has 0 aliphatic carbocycles. The molecule has 2 saturated heterocycles. The number of aromatic nitrogens is 3. The number of rotatable bonds is 5. The average Bonchev–Trinajstić information content (AvgIpc) is 3.13. The first-order chi connectivity index (χ1) is 16.5. The lowest BCUT2D eigenvalue weighted by molar-refractivity contribution is 0.383. The predicted octanol–water partition coefficient (Wildman–Crippen LogP) is 3.33. The second-order valence-electron chi connectivity index (χ2n) is 8.82. The Kier molecular flexibility index (Phi) is 6.51. The van der Waals surface area contributed by atoms with Crippen LogP contribution in [-0.4, -0.2) is 67.2 Å². The van der Waals surface area contributed by atoms with Crippen LogP contribution in [0, 0.1) is 6.92 Å². The quantitative estimate of drug-likeness (QED) is 0.546. The highest BCUT2D eigenvalue weighted by Gasteiger charge is 2.29. The summed E-state index contributed by atoms with van der Waals surface area (Å²) in [6, 6.07) is 10.8. The molecule has 2 aliphatic heterocycles. The van der Waals surface area contributed by atoms with Crippen LogP contribution >= 0.6 is 0 Å². The maximum absolute atomic E-state index is 13.2. The van der Waals surface area contributed by atoms with Crippen LogP contribution in [0.2, 0.25) is 0 Å². The molecule has 0 amide bonds. The molecule has 5 rings (SSSR count). The molecule has 0 spiro atoms. The molecule has 0 saturated carbocycles. The maximum Gasteiger partial charge on any atom is 0.243 e. The Labute approximate surface area is 200 Å². The Hall–Kier alpha value is -2.98. The van der Waals surface area contributed by atoms with Gasteiger partial charge in [0.05, 0.1) is 4.90 Å². The van der Waals surface area contributed by atoms with Crippen LogP contribution in [0.25, 0.3) is 11.3 Å². The first-order valence-corrected chi connectivity index (χ1v) is 13.3. The Balaban J connectivity index is 1.21. The molecule has 0 unspecified atom stereocenters. The van der Waals surface area contributed by atoms with E-state index in [-0.39, 0.29) is 4.90 Å². The normalized spacial score (nSPS) is 18.1. The summed E-state index contributed by atoms with van der Waals surface area (Å²) in [6.07, 6.45) is 6.52. The van der Waals surface area contributed by atoms with Crippen LogP contribution in [-0.2, 0) is 10.0 Å². The summed E-state index contributed by atoms with van der Waals surface area (Å²) in [6.45, 7) is 5.80. The van der Waals surface area contributed by atoms with Crippen molar-refractivity contribution < 1.29 is 12.8 Å². The Bertz CT molecular complexity index is 1190. The van der Waals surface area contributed by atoms with Gasteiger partial charge in [-0.05, 0) is 37.1 Å². The SMILES string of the molecule is Cc1nc(-c2ccc(S(=O)(=O)N3CCN(c4ccc(N5CCCCCC5)nn4)CC3)cc2)co1. The van der Waals surface area contributed by atoms with Crippen molar-refractivity contribution in [1.29, 1.82) is 0 Å². The van der Waals surface area contributed by atoms with Gasteiger partial charge < -0.3 is 14.2 Å². The molecule has 2 fully saturated rings. The van der Waals surface area contributed by atoms with Crippen molar-refractivity contribution in [1.82, 2.24) is 19.5 Å². The molecule has 0 bridgehead atoms. The molecule has 0 N–H and O–H groups in total. The van der Waals surface area contributed by atoms with Gasteiger partial charge in [-0.25, -0.2) is 13.4 Å². The van der Waals surface area contributed by atoms with Crippen molar-refractivity contribution in [3.63, 3.8) is 0 Å². The van der Waals surface area contributed by atoms with Crippen LogP contribution < -0.4 is 9.80 Å². The van der Waals surface area contributed by atoms with E-state index in [1.807, 2.05) is 12.1 Å². The van der Waals surface area contributed by atoms with Gasteiger partial charge in [0.2, 0.25) is 10.0 Å². The fourth-order valence-electron chi connectivity index (χ4n) is 4.56. The third kappa shape index (κ3) is 4.78. The largest absolute Gasteiger partial charge is 0.449 e. The molecule has 0 atom stereocenters. The summed E-state index contributed by atoms with van der Waals surface area (Å²) < 4.78 is 33.1. The van der Waals surface area contributed by atoms with Gasteiger partial charge in [0.1, 0.15) is 12.0 Å². The number of benzene rings is 1. The summed E-state index contributed by atoms with van der Waals surface area (Å²) in [5.41, 5.74) is 1.51. The van der Waals surface area contributed by atoms with Gasteiger partial charge in [-0.3, -0.25) is 0 Å². The third-order valence-corrected chi connectivity index (χ3v) is 8.45. The molecule has 10 heteroatoms. The lowest BCUT2D eigenvalue weighted by atomic mass is 10.2. The second kappa shape index (κ2) is 9.71. The molecule has 1 aromatic carbocycles. The van der Waals surface area contributed by atoms with Crippen LogP contribution in [0.1, 0.15) is 31.6 Å². The van der Waals surface area contributed by atoms with E-state index < -0.39 is 10.0 Å². The number of sulfonamides is 1. The van der Waals surface area contributed by atoms with Crippen molar-refractivity contribution in [3.8, 4) is 11.3 Å². The Morgan fingerprint density at radius 3 is 1.88 bits per heavy atom. The third-order valence-electron chi connectivity index (χ3n) is 6.54. The van der Waals surface area contributed by atoms with E-state index in [4.69, 9.17) is 4.42 Å². The fourth-order valence-corrected chi connectivity index (χ4v) is 5.98. The molecule has 3 aromatic rings. The molecule has 34 heavy (non-hydrogen) atoms. The lowest BCUT2D eigenvalue weighted by Gasteiger charge is -2.34. The smallest absolute Gasteiger partial charge is 0.243 e. The van der Waals surface area contributed by atoms with Gasteiger partial charge in [0, 0.05) is 51.8 Å². The maximum atomic E-state index is 13.2. The van der Waals surface area contributed by atoms with Crippen LogP contribution in [0.5, 0.6) is 0 Å². The molecular formula is C24H30N6O3S. The molecule has 9 nitrogen and oxygen atoms in total. The standard InChI is InChI=1S/C24H30N6O3S/c1-19-25-22(18-33-19)20-6-8-21(9-7-20)34(31,32)30-16-14-29(15-17-30)24-11-10-23(26-27-24)28-12-4-2-3-5-13-28/h6-11,18H,2-5,12-17H2,1H3. The highest BCUT2D eigenvalue weighted by Crippen LogP contribution is 2.25. The summed E-state index contributed by atoms with van der Waals surface area (Å²) in [5, 5.41) is 8.91. The molecule has 2 aliphatic rings. The fraction of sp³-hybridized carbons (Fsp3) is 0.458. The minimum atomic E-state index is -3.57. The molecular weight excluding hydrogens is 452 g/mol. The van der Waals surface area contributed by atoms with E-state index in [0.29, 0.717) is 37.8 Å². The summed E-state index contributed by atoms with van der Waals surface area (Å²) in [7, 11) is -3.57. The van der Waals surface area contributed by atoms with Crippen molar-refractivity contribution >= 4 is 21.7 Å². The van der Waals surface area contributed by atoms with E-state index in [1.54, 1.807) is 37.5 Å². The summed E-state index contributed by atoms with van der Waals surface area (Å²) >= 11 is 0. The zero-order valence-corrected chi connectivity index (χ0v) is 20.2. The van der Waals surface area contributed by atoms with E-state index in [0.717, 1.165) is 30.3 Å². The van der Waals surface area contributed by atoms with Crippen molar-refractivity contribution in [2.45, 2.75) is 37.5 Å². The van der Waals surface area contributed by atoms with Crippen molar-refractivity contribution in [3.05, 3.63) is 48.6 Å². The number of hydrogen-bond donors (Lipinski definition) is 0. The van der Waals surface area contributed by atoms with Crippen LogP contribution in [0.15, 0.2) is 52.0 Å². The van der Waals surface area contributed by atoms with Gasteiger partial charge in [-0.1, -0.05) is 25.0 Å². The monoisotopic (exact) mass is 482 g/mol. The zero-order valence-electron chi connectivity index (χ0n) is 19.4. The highest BCUT2D eigenvalue weighted by molar-refractivity contribution is 7.89. The number of oxazole rings is 1. The minimum absolute atomic E-state index is 0.284. The first kappa shape index (κ1) is 22.8. The van der Waals surface area contributed by atoms with E-state index in [2.05, 4.69) is 25.0 Å². The summed E-state index contributed by atoms with van der Waals surface area (Å²) in [4.78, 5) is 8.98. The van der Waals surface area contributed by atoms with Gasteiger partial charge in [-0.15, -0.1) is 10.2 Å². The predicted molar refractivity (Wildman–Crippen MR) is 130 cm³/mol. The van der Waals surface area contributed by atoms with Gasteiger partial charge in [0.15, 0.2) is 17.5 Å². The van der Waals surface area contributed by atoms with E-state index in [9.17, 15) is 8.42 Å². The molecule has 4 heterocycles. The van der Waals surface area contributed by atoms with Crippen molar-refractivity contribution in [2.24, 2.45) is 0 Å². The number of nitrogens with zero attached hydrogens (tertiary/aromatic N) is 6. The Morgan fingerprint density at radius 2 is 1.35 bits per heavy atom. The van der Waals surface area contributed by atoms with Gasteiger partial charge in [0.25, 0.3) is 0 Å². The number of aryl methyl sites for hydroxylation is 1. The average molecular weight is 483 g/mol. The second-order valence-corrected chi connectivity index (χ2v) is 10.8. The number of hydrogen-bond acceptors (Lipinski definition) is 8. The lowest BCUT2D eigenvalue weighted by Crippen LogP contribution is -2.49. The van der Waals surface area contributed by atoms with E-state index in [1.165, 1.54) is 30.0 Å². The van der Waals surface area contributed by atoms with Crippen LogP contribution in [0.3, 0.4) is 0 Å². The van der Waals surface area contributed by atoms with Crippen molar-refractivity contribution in [2.75, 3.05) is 49.1 Å².